The first-order valence-corrected chi connectivity index (χ1v) is 7.31. The molecule has 0 amide bonds. The van der Waals surface area contributed by atoms with E-state index in [9.17, 15) is 8.42 Å². The number of hydrogen-bond acceptors (Lipinski definition) is 4. The van der Waals surface area contributed by atoms with Crippen molar-refractivity contribution in [2.45, 2.75) is 0 Å². The molecule has 0 heterocycles. The first-order valence-electron chi connectivity index (χ1n) is 5.04. The van der Waals surface area contributed by atoms with E-state index in [0.29, 0.717) is 10.6 Å². The summed E-state index contributed by atoms with van der Waals surface area (Å²) >= 11 is 6.05. The molecular weight excluding hydrogens is 272 g/mol. The smallest absolute Gasteiger partial charge is 0.185 e. The summed E-state index contributed by atoms with van der Waals surface area (Å²) in [5.74, 6) is 0. The highest BCUT2D eigenvalue weighted by atomic mass is 35.5. The van der Waals surface area contributed by atoms with E-state index in [1.54, 1.807) is 24.3 Å². The van der Waals surface area contributed by atoms with Crippen molar-refractivity contribution in [3.63, 3.8) is 0 Å². The zero-order valence-corrected chi connectivity index (χ0v) is 11.9. The van der Waals surface area contributed by atoms with Gasteiger partial charge in [0.15, 0.2) is 9.84 Å². The maximum Gasteiger partial charge on any atom is 0.185 e. The van der Waals surface area contributed by atoms with Crippen LogP contribution in [0.4, 0.5) is 5.69 Å². The predicted molar refractivity (Wildman–Crippen MR) is 74.2 cm³/mol. The zero-order chi connectivity index (χ0) is 13.9. The highest BCUT2D eigenvalue weighted by Crippen LogP contribution is 2.25. The number of allylic oxidation sites excluding steroid dienone is 1. The Balaban J connectivity index is 3.29. The lowest BCUT2D eigenvalue weighted by atomic mass is 10.2. The van der Waals surface area contributed by atoms with E-state index in [0.717, 1.165) is 11.9 Å². The highest BCUT2D eigenvalue weighted by Gasteiger charge is 2.11. The Morgan fingerprint density at radius 3 is 2.44 bits per heavy atom. The molecule has 0 fully saturated rings. The molecule has 0 unspecified atom stereocenters. The number of hydrogen-bond donors (Lipinski definition) is 0. The Bertz CT molecular complexity index is 628. The molecule has 0 aliphatic carbocycles. The summed E-state index contributed by atoms with van der Waals surface area (Å²) < 4.78 is 22.6. The normalized spacial score (nSPS) is 12.1. The number of halogens is 1. The van der Waals surface area contributed by atoms with Crippen LogP contribution in [-0.4, -0.2) is 28.8 Å². The average Bonchev–Trinajstić information content (AvgIpc) is 2.25. The van der Waals surface area contributed by atoms with Gasteiger partial charge in [0.2, 0.25) is 0 Å². The molecule has 6 heteroatoms. The maximum atomic E-state index is 11.3. The fraction of sp³-hybridized carbons (Fsp3) is 0.250. The molecule has 0 aromatic heterocycles. The summed E-state index contributed by atoms with van der Waals surface area (Å²) in [5, 5.41) is 9.21. The molecule has 0 atom stereocenters. The van der Waals surface area contributed by atoms with Crippen molar-refractivity contribution in [2.75, 3.05) is 25.3 Å². The van der Waals surface area contributed by atoms with Gasteiger partial charge in [-0.2, -0.15) is 5.26 Å². The van der Waals surface area contributed by atoms with Gasteiger partial charge < -0.3 is 4.90 Å². The minimum absolute atomic E-state index is 0.304. The van der Waals surface area contributed by atoms with Gasteiger partial charge >= 0.3 is 0 Å². The zero-order valence-electron chi connectivity index (χ0n) is 10.3. The van der Waals surface area contributed by atoms with Crippen LogP contribution < -0.4 is 4.90 Å². The molecular formula is C12H13ClN2O2S. The lowest BCUT2D eigenvalue weighted by molar-refractivity contribution is 0.609. The van der Waals surface area contributed by atoms with Crippen LogP contribution in [0.25, 0.3) is 6.08 Å². The van der Waals surface area contributed by atoms with E-state index in [1.807, 2.05) is 19.0 Å². The maximum absolute atomic E-state index is 11.3. The topological polar surface area (TPSA) is 61.2 Å². The van der Waals surface area contributed by atoms with Crippen molar-refractivity contribution in [2.24, 2.45) is 0 Å². The molecule has 0 aliphatic rings. The van der Waals surface area contributed by atoms with E-state index in [4.69, 9.17) is 16.9 Å². The van der Waals surface area contributed by atoms with Crippen molar-refractivity contribution in [1.82, 2.24) is 0 Å². The number of anilines is 1. The second-order valence-electron chi connectivity index (χ2n) is 3.99. The standard InChI is InChI=1S/C12H13ClN2O2S/c1-15(2)10-5-4-9(12(13)7-10)6-11(8-14)18(3,16)17/h4-7H,1-3H3. The number of sulfone groups is 1. The third-order valence-electron chi connectivity index (χ3n) is 2.30. The van der Waals surface area contributed by atoms with Crippen LogP contribution in [-0.2, 0) is 9.84 Å². The lowest BCUT2D eigenvalue weighted by Gasteiger charge is -2.13. The van der Waals surface area contributed by atoms with E-state index < -0.39 is 9.84 Å². The second kappa shape index (κ2) is 5.42. The van der Waals surface area contributed by atoms with Crippen LogP contribution >= 0.6 is 11.6 Å². The minimum atomic E-state index is -3.53. The predicted octanol–water partition coefficient (Wildman–Crippen LogP) is 2.32. The summed E-state index contributed by atoms with van der Waals surface area (Å²) in [6.07, 6.45) is 2.27. The van der Waals surface area contributed by atoms with Gasteiger partial charge in [0.25, 0.3) is 0 Å². The third-order valence-corrected chi connectivity index (χ3v) is 3.63. The second-order valence-corrected chi connectivity index (χ2v) is 6.38. The van der Waals surface area contributed by atoms with Gasteiger partial charge in [-0.15, -0.1) is 0 Å². The van der Waals surface area contributed by atoms with Crippen molar-refractivity contribution in [1.29, 1.82) is 5.26 Å². The van der Waals surface area contributed by atoms with Crippen LogP contribution in [0.15, 0.2) is 23.1 Å². The van der Waals surface area contributed by atoms with Gasteiger partial charge in [-0.1, -0.05) is 17.7 Å². The summed E-state index contributed by atoms with van der Waals surface area (Å²) in [4.78, 5) is 1.57. The minimum Gasteiger partial charge on any atom is -0.378 e. The Morgan fingerprint density at radius 1 is 1.44 bits per heavy atom. The molecule has 4 nitrogen and oxygen atoms in total. The number of benzene rings is 1. The van der Waals surface area contributed by atoms with Crippen LogP contribution in [0, 0.1) is 11.3 Å². The first kappa shape index (κ1) is 14.6. The lowest BCUT2D eigenvalue weighted by Crippen LogP contribution is -2.08. The molecule has 0 N–H and O–H groups in total. The van der Waals surface area contributed by atoms with Crippen LogP contribution in [0.2, 0.25) is 5.02 Å². The van der Waals surface area contributed by atoms with Gasteiger partial charge in [-0.3, -0.25) is 0 Å². The van der Waals surface area contributed by atoms with Crippen LogP contribution in [0.1, 0.15) is 5.56 Å². The highest BCUT2D eigenvalue weighted by molar-refractivity contribution is 7.95. The van der Waals surface area contributed by atoms with Gasteiger partial charge in [-0.05, 0) is 23.8 Å². The molecule has 0 aliphatic heterocycles. The third kappa shape index (κ3) is 3.49. The molecule has 0 saturated carbocycles. The molecule has 0 spiro atoms. The molecule has 18 heavy (non-hydrogen) atoms. The summed E-state index contributed by atoms with van der Waals surface area (Å²) in [5.41, 5.74) is 1.40. The summed E-state index contributed by atoms with van der Waals surface area (Å²) in [6.45, 7) is 0. The van der Waals surface area contributed by atoms with Crippen molar-refractivity contribution < 1.29 is 8.42 Å². The van der Waals surface area contributed by atoms with Crippen molar-refractivity contribution >= 4 is 33.2 Å². The number of nitrogens with zero attached hydrogens (tertiary/aromatic N) is 2. The van der Waals surface area contributed by atoms with Crippen LogP contribution in [0.3, 0.4) is 0 Å². The monoisotopic (exact) mass is 284 g/mol. The van der Waals surface area contributed by atoms with E-state index in [-0.39, 0.29) is 4.91 Å². The van der Waals surface area contributed by atoms with E-state index >= 15 is 0 Å². The molecule has 0 radical (unpaired) electrons. The quantitative estimate of drug-likeness (QED) is 0.799. The molecule has 0 saturated heterocycles. The molecule has 1 aromatic rings. The Kier molecular flexibility index (Phi) is 4.38. The van der Waals surface area contributed by atoms with E-state index in [2.05, 4.69) is 0 Å². The Labute approximate surface area is 112 Å². The van der Waals surface area contributed by atoms with Crippen molar-refractivity contribution in [3.8, 4) is 6.07 Å². The fourth-order valence-electron chi connectivity index (χ4n) is 1.27. The molecule has 0 bridgehead atoms. The number of nitriles is 1. The van der Waals surface area contributed by atoms with Crippen LogP contribution in [0.5, 0.6) is 0 Å². The summed E-state index contributed by atoms with van der Waals surface area (Å²) in [6, 6.07) is 6.85. The molecule has 1 rings (SSSR count). The van der Waals surface area contributed by atoms with Gasteiger partial charge in [0.1, 0.15) is 11.0 Å². The summed E-state index contributed by atoms with van der Waals surface area (Å²) in [7, 11) is 0.221. The van der Waals surface area contributed by atoms with Crippen molar-refractivity contribution in [3.05, 3.63) is 33.7 Å². The van der Waals surface area contributed by atoms with E-state index in [1.165, 1.54) is 6.08 Å². The Morgan fingerprint density at radius 2 is 2.06 bits per heavy atom. The fourth-order valence-corrected chi connectivity index (χ4v) is 2.01. The van der Waals surface area contributed by atoms with Gasteiger partial charge in [-0.25, -0.2) is 8.42 Å². The largest absolute Gasteiger partial charge is 0.378 e. The SMILES string of the molecule is CN(C)c1ccc(C=C(C#N)S(C)(=O)=O)c(Cl)c1. The molecule has 96 valence electrons. The Hall–Kier alpha value is -1.51. The average molecular weight is 285 g/mol. The van der Waals surface area contributed by atoms with Gasteiger partial charge in [0.05, 0.1) is 0 Å². The molecule has 1 aromatic carbocycles. The number of rotatable bonds is 3. The first-order chi connectivity index (χ1) is 8.25. The van der Waals surface area contributed by atoms with Gasteiger partial charge in [0, 0.05) is 31.1 Å².